The van der Waals surface area contributed by atoms with E-state index in [9.17, 15) is 13.6 Å². The van der Waals surface area contributed by atoms with E-state index in [-0.39, 0.29) is 11.6 Å². The third-order valence-corrected chi connectivity index (χ3v) is 2.33. The number of amides is 1. The molecule has 0 bridgehead atoms. The van der Waals surface area contributed by atoms with E-state index in [2.05, 4.69) is 5.32 Å². The first-order valence-corrected chi connectivity index (χ1v) is 5.16. The van der Waals surface area contributed by atoms with Gasteiger partial charge in [0.25, 0.3) is 5.91 Å². The van der Waals surface area contributed by atoms with Crippen molar-refractivity contribution in [1.29, 1.82) is 5.26 Å². The summed E-state index contributed by atoms with van der Waals surface area (Å²) < 4.78 is 26.4. The maximum atomic E-state index is 13.3. The number of nitrogens with one attached hydrogen (secondary N) is 1. The van der Waals surface area contributed by atoms with Crippen LogP contribution in [0.3, 0.4) is 0 Å². The Balaban J connectivity index is 2.83. The van der Waals surface area contributed by atoms with E-state index in [1.165, 1.54) is 0 Å². The van der Waals surface area contributed by atoms with Gasteiger partial charge in [-0.2, -0.15) is 5.26 Å². The molecule has 0 radical (unpaired) electrons. The van der Waals surface area contributed by atoms with Gasteiger partial charge in [-0.05, 0) is 19.1 Å². The molecule has 1 aromatic carbocycles. The molecule has 1 rings (SSSR count). The van der Waals surface area contributed by atoms with Crippen molar-refractivity contribution in [2.24, 2.45) is 5.92 Å². The molecule has 17 heavy (non-hydrogen) atoms. The van der Waals surface area contributed by atoms with Crippen molar-refractivity contribution < 1.29 is 13.6 Å². The second-order valence-electron chi connectivity index (χ2n) is 3.49. The highest BCUT2D eigenvalue weighted by molar-refractivity contribution is 6.30. The van der Waals surface area contributed by atoms with E-state index in [4.69, 9.17) is 16.9 Å². The third-order valence-electron chi connectivity index (χ3n) is 2.04. The zero-order valence-corrected chi connectivity index (χ0v) is 9.68. The molecule has 0 fully saturated rings. The van der Waals surface area contributed by atoms with E-state index < -0.39 is 29.0 Å². The Morgan fingerprint density at radius 2 is 2.18 bits per heavy atom. The van der Waals surface area contributed by atoms with Crippen LogP contribution in [0.25, 0.3) is 0 Å². The standard InChI is InChI=1S/C11H9ClF2N2O/c1-6(4-15)5-16-11(17)7-2-10(14)8(12)3-9(7)13/h2-3,6H,5H2,1H3,(H,16,17). The normalized spacial score (nSPS) is 11.7. The quantitative estimate of drug-likeness (QED) is 0.847. The van der Waals surface area contributed by atoms with E-state index in [1.54, 1.807) is 6.92 Å². The lowest BCUT2D eigenvalue weighted by atomic mass is 10.1. The van der Waals surface area contributed by atoms with Gasteiger partial charge in [0.2, 0.25) is 0 Å². The van der Waals surface area contributed by atoms with Gasteiger partial charge >= 0.3 is 0 Å². The van der Waals surface area contributed by atoms with E-state index in [0.29, 0.717) is 0 Å². The molecule has 6 heteroatoms. The Morgan fingerprint density at radius 1 is 1.53 bits per heavy atom. The molecule has 0 saturated carbocycles. The minimum absolute atomic E-state index is 0.0685. The van der Waals surface area contributed by atoms with E-state index in [1.807, 2.05) is 6.07 Å². The molecule has 90 valence electrons. The fourth-order valence-corrected chi connectivity index (χ4v) is 1.23. The van der Waals surface area contributed by atoms with Gasteiger partial charge in [-0.25, -0.2) is 8.78 Å². The molecule has 0 saturated heterocycles. The van der Waals surface area contributed by atoms with Crippen molar-refractivity contribution in [3.05, 3.63) is 34.4 Å². The zero-order valence-electron chi connectivity index (χ0n) is 8.93. The second kappa shape index (κ2) is 5.60. The Bertz CT molecular complexity index is 485. The van der Waals surface area contributed by atoms with Gasteiger partial charge in [-0.15, -0.1) is 0 Å². The van der Waals surface area contributed by atoms with Crippen LogP contribution in [0, 0.1) is 28.9 Å². The van der Waals surface area contributed by atoms with Crippen LogP contribution in [0.15, 0.2) is 12.1 Å². The summed E-state index contributed by atoms with van der Waals surface area (Å²) in [5.74, 6) is -2.95. The molecule has 0 spiro atoms. The molecule has 1 unspecified atom stereocenters. The highest BCUT2D eigenvalue weighted by atomic mass is 35.5. The van der Waals surface area contributed by atoms with Crippen molar-refractivity contribution in [2.45, 2.75) is 6.92 Å². The van der Waals surface area contributed by atoms with Crippen LogP contribution >= 0.6 is 11.6 Å². The minimum Gasteiger partial charge on any atom is -0.351 e. The summed E-state index contributed by atoms with van der Waals surface area (Å²) in [6.07, 6.45) is 0. The molecular formula is C11H9ClF2N2O. The summed E-state index contributed by atoms with van der Waals surface area (Å²) in [7, 11) is 0. The van der Waals surface area contributed by atoms with Crippen molar-refractivity contribution in [2.75, 3.05) is 6.54 Å². The van der Waals surface area contributed by atoms with Gasteiger partial charge in [0.05, 0.1) is 22.6 Å². The molecule has 0 aromatic heterocycles. The first kappa shape index (κ1) is 13.4. The summed E-state index contributed by atoms with van der Waals surface area (Å²) in [6.45, 7) is 1.66. The number of carbonyl (C=O) groups is 1. The van der Waals surface area contributed by atoms with Gasteiger partial charge in [0.1, 0.15) is 11.6 Å². The lowest BCUT2D eigenvalue weighted by molar-refractivity contribution is 0.0946. The SMILES string of the molecule is CC(C#N)CNC(=O)c1cc(F)c(Cl)cc1F. The number of nitrogens with zero attached hydrogens (tertiary/aromatic N) is 1. The molecular weight excluding hydrogens is 250 g/mol. The summed E-state index contributed by atoms with van der Waals surface area (Å²) in [4.78, 5) is 11.5. The Labute approximate surface area is 102 Å². The van der Waals surface area contributed by atoms with Gasteiger partial charge in [-0.3, -0.25) is 4.79 Å². The Morgan fingerprint density at radius 3 is 2.76 bits per heavy atom. The monoisotopic (exact) mass is 258 g/mol. The van der Waals surface area contributed by atoms with Gasteiger partial charge < -0.3 is 5.32 Å². The molecule has 0 aliphatic rings. The van der Waals surface area contributed by atoms with Gasteiger partial charge in [-0.1, -0.05) is 11.6 Å². The highest BCUT2D eigenvalue weighted by Crippen LogP contribution is 2.19. The number of benzene rings is 1. The molecule has 1 N–H and O–H groups in total. The topological polar surface area (TPSA) is 52.9 Å². The predicted molar refractivity (Wildman–Crippen MR) is 58.5 cm³/mol. The maximum Gasteiger partial charge on any atom is 0.254 e. The average Bonchev–Trinajstić information content (AvgIpc) is 2.30. The first-order valence-electron chi connectivity index (χ1n) is 4.78. The van der Waals surface area contributed by atoms with Crippen LogP contribution in [-0.2, 0) is 0 Å². The van der Waals surface area contributed by atoms with Crippen molar-refractivity contribution in [3.63, 3.8) is 0 Å². The predicted octanol–water partition coefficient (Wildman–Crippen LogP) is 2.51. The zero-order chi connectivity index (χ0) is 13.0. The number of halogens is 3. The van der Waals surface area contributed by atoms with Crippen LogP contribution in [0.4, 0.5) is 8.78 Å². The minimum atomic E-state index is -0.904. The molecule has 0 heterocycles. The van der Waals surface area contributed by atoms with Crippen molar-refractivity contribution >= 4 is 17.5 Å². The molecule has 0 aliphatic heterocycles. The van der Waals surface area contributed by atoms with Crippen LogP contribution in [0.5, 0.6) is 0 Å². The molecule has 1 atom stereocenters. The van der Waals surface area contributed by atoms with E-state index >= 15 is 0 Å². The second-order valence-corrected chi connectivity index (χ2v) is 3.89. The first-order chi connectivity index (χ1) is 7.95. The fourth-order valence-electron chi connectivity index (χ4n) is 1.08. The number of nitriles is 1. The Hall–Kier alpha value is -1.67. The average molecular weight is 259 g/mol. The number of rotatable bonds is 3. The van der Waals surface area contributed by atoms with E-state index in [0.717, 1.165) is 12.1 Å². The van der Waals surface area contributed by atoms with Crippen LogP contribution in [0.2, 0.25) is 5.02 Å². The lowest BCUT2D eigenvalue weighted by Gasteiger charge is -2.07. The molecule has 1 amide bonds. The Kier molecular flexibility index (Phi) is 4.41. The van der Waals surface area contributed by atoms with Gasteiger partial charge in [0, 0.05) is 6.54 Å². The summed E-state index contributed by atoms with van der Waals surface area (Å²) >= 11 is 5.35. The van der Waals surface area contributed by atoms with Crippen LogP contribution < -0.4 is 5.32 Å². The van der Waals surface area contributed by atoms with Crippen molar-refractivity contribution in [1.82, 2.24) is 5.32 Å². The van der Waals surface area contributed by atoms with Crippen molar-refractivity contribution in [3.8, 4) is 6.07 Å². The summed E-state index contributed by atoms with van der Waals surface area (Å²) in [5, 5.41) is 10.4. The fraction of sp³-hybridized carbons (Fsp3) is 0.273. The molecule has 1 aromatic rings. The number of hydrogen-bond donors (Lipinski definition) is 1. The largest absolute Gasteiger partial charge is 0.351 e. The molecule has 3 nitrogen and oxygen atoms in total. The number of carbonyl (C=O) groups excluding carboxylic acids is 1. The highest BCUT2D eigenvalue weighted by Gasteiger charge is 2.15. The maximum absolute atomic E-state index is 13.3. The number of hydrogen-bond acceptors (Lipinski definition) is 2. The summed E-state index contributed by atoms with van der Waals surface area (Å²) in [5.41, 5.74) is -0.433. The van der Waals surface area contributed by atoms with Crippen LogP contribution in [-0.4, -0.2) is 12.5 Å². The smallest absolute Gasteiger partial charge is 0.254 e. The van der Waals surface area contributed by atoms with Crippen LogP contribution in [0.1, 0.15) is 17.3 Å². The van der Waals surface area contributed by atoms with Gasteiger partial charge in [0.15, 0.2) is 0 Å². The third kappa shape index (κ3) is 3.40. The molecule has 0 aliphatic carbocycles. The summed E-state index contributed by atoms with van der Waals surface area (Å²) in [6, 6.07) is 3.37. The lowest BCUT2D eigenvalue weighted by Crippen LogP contribution is -2.28.